The number of piperidine rings is 1. The van der Waals surface area contributed by atoms with E-state index in [-0.39, 0.29) is 17.2 Å². The molecule has 2 aliphatic heterocycles. The predicted octanol–water partition coefficient (Wildman–Crippen LogP) is 3.65. The van der Waals surface area contributed by atoms with Crippen LogP contribution in [0, 0.1) is 0 Å². The molecule has 0 unspecified atom stereocenters. The number of aromatic nitrogens is 1. The number of benzene rings is 1. The van der Waals surface area contributed by atoms with E-state index in [1.807, 2.05) is 23.1 Å². The second-order valence-corrected chi connectivity index (χ2v) is 8.95. The monoisotopic (exact) mass is 391 g/mol. The van der Waals surface area contributed by atoms with Crippen LogP contribution < -0.4 is 0 Å². The number of Topliss-reactive ketones (excluding diaryl/α,β-unsaturated/α-hetero) is 1. The van der Waals surface area contributed by atoms with Crippen LogP contribution in [0.15, 0.2) is 36.4 Å². The lowest BCUT2D eigenvalue weighted by Crippen LogP contribution is -2.56. The summed E-state index contributed by atoms with van der Waals surface area (Å²) in [7, 11) is 2.18. The van der Waals surface area contributed by atoms with E-state index in [4.69, 9.17) is 0 Å². The molecule has 0 bridgehead atoms. The molecule has 1 spiro atoms. The maximum atomic E-state index is 13.1. The number of nitrogens with zero attached hydrogens (tertiary/aromatic N) is 3. The molecule has 5 nitrogen and oxygen atoms in total. The molecule has 1 aliphatic carbocycles. The molecule has 1 aromatic carbocycles. The molecule has 2 fully saturated rings. The number of amides is 1. The third-order valence-corrected chi connectivity index (χ3v) is 7.29. The van der Waals surface area contributed by atoms with Gasteiger partial charge in [-0.1, -0.05) is 12.1 Å². The van der Waals surface area contributed by atoms with Crippen molar-refractivity contribution in [2.75, 3.05) is 26.7 Å². The lowest BCUT2D eigenvalue weighted by atomic mass is 9.81. The smallest absolute Gasteiger partial charge is 0.253 e. The van der Waals surface area contributed by atoms with E-state index in [0.717, 1.165) is 50.3 Å². The average Bonchev–Trinajstić information content (AvgIpc) is 3.49. The van der Waals surface area contributed by atoms with Gasteiger partial charge in [-0.15, -0.1) is 0 Å². The fourth-order valence-electron chi connectivity index (χ4n) is 5.30. The van der Waals surface area contributed by atoms with Crippen LogP contribution >= 0.6 is 0 Å². The highest BCUT2D eigenvalue weighted by Gasteiger charge is 2.45. The standard InChI is InChI=1S/C24H29N3O2/c1-17(28)21-9-10-22-24(25(2)15-16-27(21)22)11-13-26(14-12-24)23(29)20-7-5-19(6-8-20)18-3-4-18/h5-10,18H,3-4,11-16H2,1-2H3. The van der Waals surface area contributed by atoms with E-state index in [1.165, 1.54) is 24.1 Å². The Labute approximate surface area is 172 Å². The zero-order valence-electron chi connectivity index (χ0n) is 17.4. The summed E-state index contributed by atoms with van der Waals surface area (Å²) in [6, 6.07) is 12.3. The summed E-state index contributed by atoms with van der Waals surface area (Å²) >= 11 is 0. The molecule has 1 amide bonds. The van der Waals surface area contributed by atoms with Gasteiger partial charge in [-0.2, -0.15) is 0 Å². The summed E-state index contributed by atoms with van der Waals surface area (Å²) in [5.74, 6) is 0.977. The second-order valence-electron chi connectivity index (χ2n) is 8.95. The Kier molecular flexibility index (Phi) is 4.39. The molecule has 0 atom stereocenters. The van der Waals surface area contributed by atoms with Gasteiger partial charge in [0.1, 0.15) is 0 Å². The van der Waals surface area contributed by atoms with E-state index >= 15 is 0 Å². The van der Waals surface area contributed by atoms with Gasteiger partial charge in [-0.25, -0.2) is 0 Å². The Balaban J connectivity index is 1.34. The molecular weight excluding hydrogens is 362 g/mol. The van der Waals surface area contributed by atoms with Gasteiger partial charge < -0.3 is 9.47 Å². The van der Waals surface area contributed by atoms with E-state index in [9.17, 15) is 9.59 Å². The van der Waals surface area contributed by atoms with Crippen molar-refractivity contribution in [3.05, 3.63) is 58.9 Å². The van der Waals surface area contributed by atoms with Crippen molar-refractivity contribution in [2.45, 2.75) is 50.6 Å². The van der Waals surface area contributed by atoms with Gasteiger partial charge in [-0.05, 0) is 68.5 Å². The van der Waals surface area contributed by atoms with Crippen LogP contribution in [0.25, 0.3) is 0 Å². The Morgan fingerprint density at radius 2 is 1.62 bits per heavy atom. The minimum atomic E-state index is -0.0848. The van der Waals surface area contributed by atoms with Crippen molar-refractivity contribution in [1.82, 2.24) is 14.4 Å². The fourth-order valence-corrected chi connectivity index (χ4v) is 5.30. The summed E-state index contributed by atoms with van der Waals surface area (Å²) in [6.07, 6.45) is 4.36. The molecule has 1 saturated heterocycles. The molecule has 5 rings (SSSR count). The first-order valence-corrected chi connectivity index (χ1v) is 10.8. The van der Waals surface area contributed by atoms with Crippen molar-refractivity contribution < 1.29 is 9.59 Å². The molecule has 1 aromatic heterocycles. The summed E-state index contributed by atoms with van der Waals surface area (Å²) in [5.41, 5.74) is 4.12. The van der Waals surface area contributed by atoms with E-state index in [0.29, 0.717) is 5.92 Å². The predicted molar refractivity (Wildman–Crippen MR) is 112 cm³/mol. The Bertz CT molecular complexity index is 947. The van der Waals surface area contributed by atoms with Gasteiger partial charge >= 0.3 is 0 Å². The first-order chi connectivity index (χ1) is 14.0. The number of hydrogen-bond acceptors (Lipinski definition) is 3. The molecule has 5 heteroatoms. The van der Waals surface area contributed by atoms with Crippen LogP contribution in [0.1, 0.15) is 70.6 Å². The Hall–Kier alpha value is -2.40. The first kappa shape index (κ1) is 18.6. The number of carbonyl (C=O) groups excluding carboxylic acids is 2. The third-order valence-electron chi connectivity index (χ3n) is 7.29. The SMILES string of the molecule is CC(=O)c1ccc2n1CCN(C)C21CCN(C(=O)c2ccc(C3CC3)cc2)CC1. The minimum Gasteiger partial charge on any atom is -0.339 e. The third kappa shape index (κ3) is 3.03. The quantitative estimate of drug-likeness (QED) is 0.751. The van der Waals surface area contributed by atoms with E-state index in [1.54, 1.807) is 6.92 Å². The van der Waals surface area contributed by atoms with Crippen molar-refractivity contribution in [3.63, 3.8) is 0 Å². The van der Waals surface area contributed by atoms with Crippen LogP contribution in [0.4, 0.5) is 0 Å². The van der Waals surface area contributed by atoms with Crippen molar-refractivity contribution in [3.8, 4) is 0 Å². The molecule has 1 saturated carbocycles. The molecule has 2 aromatic rings. The number of ketones is 1. The fraction of sp³-hybridized carbons (Fsp3) is 0.500. The Morgan fingerprint density at radius 1 is 0.931 bits per heavy atom. The van der Waals surface area contributed by atoms with Crippen molar-refractivity contribution >= 4 is 11.7 Å². The van der Waals surface area contributed by atoms with Gasteiger partial charge in [0.2, 0.25) is 0 Å². The molecule has 29 heavy (non-hydrogen) atoms. The van der Waals surface area contributed by atoms with Gasteiger partial charge in [-0.3, -0.25) is 14.5 Å². The zero-order valence-corrected chi connectivity index (χ0v) is 17.4. The van der Waals surface area contributed by atoms with Crippen LogP contribution in [0.5, 0.6) is 0 Å². The molecular formula is C24H29N3O2. The highest BCUT2D eigenvalue weighted by molar-refractivity contribution is 5.94. The summed E-state index contributed by atoms with van der Waals surface area (Å²) < 4.78 is 2.20. The molecule has 0 radical (unpaired) electrons. The second kappa shape index (κ2) is 6.84. The highest BCUT2D eigenvalue weighted by Crippen LogP contribution is 2.42. The molecule has 0 N–H and O–H groups in total. The molecule has 3 heterocycles. The van der Waals surface area contributed by atoms with Gasteiger partial charge in [0.15, 0.2) is 5.78 Å². The van der Waals surface area contributed by atoms with E-state index < -0.39 is 0 Å². The normalized spacial score (nSPS) is 21.2. The van der Waals surface area contributed by atoms with E-state index in [2.05, 4.69) is 34.7 Å². The highest BCUT2D eigenvalue weighted by atomic mass is 16.2. The van der Waals surface area contributed by atoms with Crippen molar-refractivity contribution in [1.29, 1.82) is 0 Å². The van der Waals surface area contributed by atoms with Crippen molar-refractivity contribution in [2.24, 2.45) is 0 Å². The summed E-state index contributed by atoms with van der Waals surface area (Å²) in [4.78, 5) is 29.5. The zero-order chi connectivity index (χ0) is 20.2. The number of hydrogen-bond donors (Lipinski definition) is 0. The number of likely N-dealkylation sites (tertiary alicyclic amines) is 1. The van der Waals surface area contributed by atoms with Crippen LogP contribution in [0.2, 0.25) is 0 Å². The van der Waals surface area contributed by atoms with Crippen LogP contribution in [-0.4, -0.2) is 52.7 Å². The molecule has 152 valence electrons. The summed E-state index contributed by atoms with van der Waals surface area (Å²) in [6.45, 7) is 4.91. The Morgan fingerprint density at radius 3 is 2.24 bits per heavy atom. The van der Waals surface area contributed by atoms with Gasteiger partial charge in [0.05, 0.1) is 11.2 Å². The maximum Gasteiger partial charge on any atom is 0.253 e. The van der Waals surface area contributed by atoms with Gasteiger partial charge in [0.25, 0.3) is 5.91 Å². The minimum absolute atomic E-state index is 0.0848. The number of fused-ring (bicyclic) bond motifs is 2. The maximum absolute atomic E-state index is 13.1. The van der Waals surface area contributed by atoms with Crippen LogP contribution in [-0.2, 0) is 12.1 Å². The molecule has 3 aliphatic rings. The lowest BCUT2D eigenvalue weighted by Gasteiger charge is -2.50. The topological polar surface area (TPSA) is 45.6 Å². The summed E-state index contributed by atoms with van der Waals surface area (Å²) in [5, 5.41) is 0. The lowest BCUT2D eigenvalue weighted by molar-refractivity contribution is 0.0128. The first-order valence-electron chi connectivity index (χ1n) is 10.8. The number of carbonyl (C=O) groups is 2. The average molecular weight is 392 g/mol. The van der Waals surface area contributed by atoms with Gasteiger partial charge in [0, 0.05) is 44.4 Å². The number of likely N-dealkylation sites (N-methyl/N-ethyl adjacent to an activating group) is 1. The van der Waals surface area contributed by atoms with Crippen LogP contribution in [0.3, 0.4) is 0 Å². The number of rotatable bonds is 3. The largest absolute Gasteiger partial charge is 0.339 e.